The maximum absolute atomic E-state index is 11.4. The highest BCUT2D eigenvalue weighted by Crippen LogP contribution is 2.16. The third kappa shape index (κ3) is 13.6. The fraction of sp³-hybridized carbons (Fsp3) is 1.00. The molecule has 0 bridgehead atoms. The fourth-order valence-corrected chi connectivity index (χ4v) is 1.03. The maximum Gasteiger partial charge on any atom is 0.522 e. The monoisotopic (exact) mass is 306 g/mol. The normalized spacial score (nSPS) is 13.3. The van der Waals surface area contributed by atoms with Crippen molar-refractivity contribution in [2.75, 3.05) is 26.4 Å². The van der Waals surface area contributed by atoms with Gasteiger partial charge in [-0.25, -0.2) is 0 Å². The van der Waals surface area contributed by atoms with Gasteiger partial charge in [-0.2, -0.15) is 4.21 Å². The average molecular weight is 306 g/mol. The SMILES string of the molecule is O=S(OCCOC(F)(F)F)OCCOC(F)(F)F. The van der Waals surface area contributed by atoms with Crippen molar-refractivity contribution >= 4 is 11.4 Å². The highest BCUT2D eigenvalue weighted by molar-refractivity contribution is 7.75. The molecule has 0 aliphatic rings. The Morgan fingerprint density at radius 1 is 0.722 bits per heavy atom. The summed E-state index contributed by atoms with van der Waals surface area (Å²) in [6.07, 6.45) is -9.68. The van der Waals surface area contributed by atoms with Crippen LogP contribution in [0.5, 0.6) is 0 Å². The van der Waals surface area contributed by atoms with Crippen LogP contribution in [0.15, 0.2) is 0 Å². The Hall–Kier alpha value is -0.430. The minimum absolute atomic E-state index is 0.702. The van der Waals surface area contributed by atoms with Crippen molar-refractivity contribution in [3.05, 3.63) is 0 Å². The second-order valence-electron chi connectivity index (χ2n) is 2.44. The molecule has 0 fully saturated rings. The van der Waals surface area contributed by atoms with E-state index >= 15 is 0 Å². The van der Waals surface area contributed by atoms with Crippen molar-refractivity contribution < 1.29 is 48.4 Å². The molecule has 110 valence electrons. The highest BCUT2D eigenvalue weighted by atomic mass is 32.2. The number of ether oxygens (including phenoxy) is 2. The molecule has 18 heavy (non-hydrogen) atoms. The zero-order chi connectivity index (χ0) is 14.2. The molecule has 0 unspecified atom stereocenters. The molecule has 0 saturated carbocycles. The van der Waals surface area contributed by atoms with Gasteiger partial charge in [-0.05, 0) is 0 Å². The van der Waals surface area contributed by atoms with E-state index in [1.54, 1.807) is 0 Å². The van der Waals surface area contributed by atoms with E-state index in [0.29, 0.717) is 0 Å². The third-order valence-electron chi connectivity index (χ3n) is 1.06. The van der Waals surface area contributed by atoms with Crippen molar-refractivity contribution in [3.8, 4) is 0 Å². The highest BCUT2D eigenvalue weighted by Gasteiger charge is 2.29. The maximum atomic E-state index is 11.4. The summed E-state index contributed by atoms with van der Waals surface area (Å²) in [4.78, 5) is 0. The predicted molar refractivity (Wildman–Crippen MR) is 44.1 cm³/mol. The van der Waals surface area contributed by atoms with Gasteiger partial charge in [0.2, 0.25) is 0 Å². The van der Waals surface area contributed by atoms with E-state index in [1.165, 1.54) is 0 Å². The van der Waals surface area contributed by atoms with E-state index in [-0.39, 0.29) is 0 Å². The molecule has 0 aliphatic heterocycles. The number of alkyl halides is 6. The van der Waals surface area contributed by atoms with Gasteiger partial charge in [-0.1, -0.05) is 0 Å². The first kappa shape index (κ1) is 17.6. The molecule has 0 aromatic rings. The first-order chi connectivity index (χ1) is 8.10. The molecule has 0 amide bonds. The summed E-state index contributed by atoms with van der Waals surface area (Å²) in [5.41, 5.74) is 0. The summed E-state index contributed by atoms with van der Waals surface area (Å²) >= 11 is -2.47. The first-order valence-electron chi connectivity index (χ1n) is 4.20. The summed E-state index contributed by atoms with van der Waals surface area (Å²) in [6.45, 7) is -3.24. The summed E-state index contributed by atoms with van der Waals surface area (Å²) in [7, 11) is 0. The van der Waals surface area contributed by atoms with Crippen molar-refractivity contribution in [3.63, 3.8) is 0 Å². The van der Waals surface area contributed by atoms with Crippen molar-refractivity contribution in [2.45, 2.75) is 12.7 Å². The van der Waals surface area contributed by atoms with Gasteiger partial charge in [-0.3, -0.25) is 17.8 Å². The quantitative estimate of drug-likeness (QED) is 0.504. The average Bonchev–Trinajstić information content (AvgIpc) is 2.17. The molecule has 0 atom stereocenters. The van der Waals surface area contributed by atoms with E-state index in [0.717, 1.165) is 0 Å². The first-order valence-corrected chi connectivity index (χ1v) is 5.20. The van der Waals surface area contributed by atoms with Crippen LogP contribution in [0.1, 0.15) is 0 Å². The lowest BCUT2D eigenvalue weighted by molar-refractivity contribution is -0.325. The van der Waals surface area contributed by atoms with Crippen LogP contribution >= 0.6 is 0 Å². The lowest BCUT2D eigenvalue weighted by Crippen LogP contribution is -2.19. The Labute approximate surface area is 99.8 Å². The van der Waals surface area contributed by atoms with Crippen LogP contribution in [-0.4, -0.2) is 43.4 Å². The molecule has 0 radical (unpaired) electrons. The summed E-state index contributed by atoms with van der Waals surface area (Å²) in [5, 5.41) is 0. The third-order valence-corrected chi connectivity index (χ3v) is 1.78. The van der Waals surface area contributed by atoms with Crippen LogP contribution in [0.2, 0.25) is 0 Å². The predicted octanol–water partition coefficient (Wildman–Crippen LogP) is 1.67. The Bertz CT molecular complexity index is 230. The molecule has 0 rings (SSSR count). The second kappa shape index (κ2) is 7.89. The molecule has 0 aromatic heterocycles. The lowest BCUT2D eigenvalue weighted by Gasteiger charge is -2.08. The largest absolute Gasteiger partial charge is 0.522 e. The summed E-state index contributed by atoms with van der Waals surface area (Å²) in [5.74, 6) is 0. The van der Waals surface area contributed by atoms with Gasteiger partial charge >= 0.3 is 24.1 Å². The fourth-order valence-electron chi connectivity index (χ4n) is 0.553. The van der Waals surface area contributed by atoms with Crippen molar-refractivity contribution in [2.24, 2.45) is 0 Å². The Morgan fingerprint density at radius 2 is 1.06 bits per heavy atom. The van der Waals surface area contributed by atoms with Crippen LogP contribution in [0.25, 0.3) is 0 Å². The summed E-state index contributed by atoms with van der Waals surface area (Å²) < 4.78 is 94.1. The molecule has 0 saturated heterocycles. The van der Waals surface area contributed by atoms with E-state index < -0.39 is 50.5 Å². The summed E-state index contributed by atoms with van der Waals surface area (Å²) in [6, 6.07) is 0. The van der Waals surface area contributed by atoms with Crippen LogP contribution in [0.4, 0.5) is 26.3 Å². The van der Waals surface area contributed by atoms with Gasteiger partial charge in [-0.15, -0.1) is 26.3 Å². The number of hydrogen-bond donors (Lipinski definition) is 0. The van der Waals surface area contributed by atoms with E-state index in [1.807, 2.05) is 0 Å². The zero-order valence-electron chi connectivity index (χ0n) is 8.55. The zero-order valence-corrected chi connectivity index (χ0v) is 9.36. The second-order valence-corrected chi connectivity index (χ2v) is 3.32. The van der Waals surface area contributed by atoms with Crippen LogP contribution in [0.3, 0.4) is 0 Å². The minimum Gasteiger partial charge on any atom is -0.289 e. The van der Waals surface area contributed by atoms with Crippen LogP contribution in [-0.2, 0) is 29.2 Å². The van der Waals surface area contributed by atoms with E-state index in [2.05, 4.69) is 17.8 Å². The van der Waals surface area contributed by atoms with E-state index in [4.69, 9.17) is 0 Å². The molecule has 0 N–H and O–H groups in total. The van der Waals surface area contributed by atoms with Gasteiger partial charge in [0.05, 0.1) is 26.4 Å². The van der Waals surface area contributed by atoms with Crippen molar-refractivity contribution in [1.82, 2.24) is 0 Å². The molecular weight excluding hydrogens is 298 g/mol. The van der Waals surface area contributed by atoms with Crippen LogP contribution in [0, 0.1) is 0 Å². The molecule has 0 spiro atoms. The van der Waals surface area contributed by atoms with Gasteiger partial charge in [0.25, 0.3) is 0 Å². The Balaban J connectivity index is 3.44. The topological polar surface area (TPSA) is 54.0 Å². The van der Waals surface area contributed by atoms with E-state index in [9.17, 15) is 30.6 Å². The van der Waals surface area contributed by atoms with Gasteiger partial charge in [0, 0.05) is 0 Å². The number of halogens is 6. The molecular formula is C6H8F6O5S. The lowest BCUT2D eigenvalue weighted by atomic mass is 10.8. The number of rotatable bonds is 8. The minimum atomic E-state index is -4.84. The molecule has 12 heteroatoms. The molecule has 5 nitrogen and oxygen atoms in total. The molecule has 0 aliphatic carbocycles. The molecule has 0 aromatic carbocycles. The Morgan fingerprint density at radius 3 is 1.33 bits per heavy atom. The standard InChI is InChI=1S/C6H8F6O5S/c7-5(8,9)14-1-3-16-18(13)17-4-2-15-6(10,11)12/h1-4H2. The van der Waals surface area contributed by atoms with Crippen molar-refractivity contribution in [1.29, 1.82) is 0 Å². The van der Waals surface area contributed by atoms with Gasteiger partial charge in [0.15, 0.2) is 0 Å². The van der Waals surface area contributed by atoms with Gasteiger partial charge < -0.3 is 0 Å². The van der Waals surface area contributed by atoms with Gasteiger partial charge in [0.1, 0.15) is 0 Å². The number of hydrogen-bond acceptors (Lipinski definition) is 5. The molecule has 0 heterocycles. The van der Waals surface area contributed by atoms with Crippen LogP contribution < -0.4 is 0 Å². The Kier molecular flexibility index (Phi) is 7.70. The smallest absolute Gasteiger partial charge is 0.289 e.